The molecule has 108 valence electrons. The molecule has 0 heterocycles. The number of nitriles is 1. The zero-order valence-corrected chi connectivity index (χ0v) is 12.7. The molecule has 2 aromatic carbocycles. The molecular formula is C19H21NO. The molecule has 0 radical (unpaired) electrons. The molecule has 0 saturated heterocycles. The van der Waals surface area contributed by atoms with Gasteiger partial charge in [-0.05, 0) is 41.2 Å². The molecule has 0 aliphatic carbocycles. The van der Waals surface area contributed by atoms with Crippen molar-refractivity contribution in [1.29, 1.82) is 5.26 Å². The van der Waals surface area contributed by atoms with E-state index in [0.29, 0.717) is 18.9 Å². The van der Waals surface area contributed by atoms with Crippen molar-refractivity contribution in [3.8, 4) is 11.8 Å². The number of rotatable bonds is 6. The van der Waals surface area contributed by atoms with Crippen LogP contribution in [-0.4, -0.2) is 0 Å². The number of hydrogen-bond acceptors (Lipinski definition) is 2. The maximum atomic E-state index is 8.84. The Bertz CT molecular complexity index is 610. The van der Waals surface area contributed by atoms with Crippen LogP contribution in [0.1, 0.15) is 42.9 Å². The molecule has 0 fully saturated rings. The van der Waals surface area contributed by atoms with E-state index in [0.717, 1.165) is 23.3 Å². The zero-order valence-electron chi connectivity index (χ0n) is 12.7. The lowest BCUT2D eigenvalue weighted by molar-refractivity contribution is 0.305. The highest BCUT2D eigenvalue weighted by Gasteiger charge is 2.05. The first-order valence-corrected chi connectivity index (χ1v) is 7.41. The van der Waals surface area contributed by atoms with Gasteiger partial charge in [0.2, 0.25) is 0 Å². The standard InChI is InChI=1S/C19H21NO/c1-3-15(2)16-8-10-19(11-9-16)21-14-18-7-5-4-6-17(18)12-13-20/h4-11,15H,3,12,14H2,1-2H3. The van der Waals surface area contributed by atoms with Gasteiger partial charge in [0, 0.05) is 0 Å². The molecule has 0 amide bonds. The second-order valence-corrected chi connectivity index (χ2v) is 5.27. The summed E-state index contributed by atoms with van der Waals surface area (Å²) >= 11 is 0. The predicted molar refractivity (Wildman–Crippen MR) is 85.2 cm³/mol. The van der Waals surface area contributed by atoms with Crippen LogP contribution in [0.15, 0.2) is 48.5 Å². The van der Waals surface area contributed by atoms with Crippen molar-refractivity contribution in [3.05, 3.63) is 65.2 Å². The van der Waals surface area contributed by atoms with E-state index in [-0.39, 0.29) is 0 Å². The van der Waals surface area contributed by atoms with Crippen molar-refractivity contribution in [2.75, 3.05) is 0 Å². The molecule has 21 heavy (non-hydrogen) atoms. The highest BCUT2D eigenvalue weighted by Crippen LogP contribution is 2.22. The largest absolute Gasteiger partial charge is 0.489 e. The molecule has 0 saturated carbocycles. The molecule has 2 heteroatoms. The van der Waals surface area contributed by atoms with E-state index in [4.69, 9.17) is 10.00 Å². The lowest BCUT2D eigenvalue weighted by atomic mass is 9.99. The van der Waals surface area contributed by atoms with Gasteiger partial charge < -0.3 is 4.74 Å². The smallest absolute Gasteiger partial charge is 0.119 e. The van der Waals surface area contributed by atoms with Crippen molar-refractivity contribution in [3.63, 3.8) is 0 Å². The van der Waals surface area contributed by atoms with E-state index < -0.39 is 0 Å². The summed E-state index contributed by atoms with van der Waals surface area (Å²) in [5, 5.41) is 8.84. The molecule has 0 aliphatic rings. The van der Waals surface area contributed by atoms with Gasteiger partial charge in [-0.25, -0.2) is 0 Å². The molecule has 1 unspecified atom stereocenters. The SMILES string of the molecule is CCC(C)c1ccc(OCc2ccccc2CC#N)cc1. The fourth-order valence-electron chi connectivity index (χ4n) is 2.25. The summed E-state index contributed by atoms with van der Waals surface area (Å²) in [6.45, 7) is 4.93. The maximum absolute atomic E-state index is 8.84. The van der Waals surface area contributed by atoms with Gasteiger partial charge in [-0.15, -0.1) is 0 Å². The first-order chi connectivity index (χ1) is 10.2. The molecule has 0 spiro atoms. The third-order valence-electron chi connectivity index (χ3n) is 3.84. The summed E-state index contributed by atoms with van der Waals surface area (Å²) in [7, 11) is 0. The Morgan fingerprint density at radius 3 is 2.33 bits per heavy atom. The van der Waals surface area contributed by atoms with Gasteiger partial charge in [0.1, 0.15) is 12.4 Å². The van der Waals surface area contributed by atoms with Crippen LogP contribution in [0.2, 0.25) is 0 Å². The molecule has 2 aromatic rings. The fraction of sp³-hybridized carbons (Fsp3) is 0.316. The van der Waals surface area contributed by atoms with Gasteiger partial charge >= 0.3 is 0 Å². The van der Waals surface area contributed by atoms with Crippen LogP contribution >= 0.6 is 0 Å². The average molecular weight is 279 g/mol. The van der Waals surface area contributed by atoms with E-state index in [1.54, 1.807) is 0 Å². The first-order valence-electron chi connectivity index (χ1n) is 7.41. The minimum Gasteiger partial charge on any atom is -0.489 e. The summed E-state index contributed by atoms with van der Waals surface area (Å²) < 4.78 is 5.84. The predicted octanol–water partition coefficient (Wildman–Crippen LogP) is 4.85. The molecule has 1 atom stereocenters. The molecule has 2 nitrogen and oxygen atoms in total. The first kappa shape index (κ1) is 15.1. The van der Waals surface area contributed by atoms with Crippen molar-refractivity contribution in [1.82, 2.24) is 0 Å². The quantitative estimate of drug-likeness (QED) is 0.757. The summed E-state index contributed by atoms with van der Waals surface area (Å²) in [6.07, 6.45) is 1.56. The van der Waals surface area contributed by atoms with Crippen molar-refractivity contribution in [2.24, 2.45) is 0 Å². The highest BCUT2D eigenvalue weighted by atomic mass is 16.5. The van der Waals surface area contributed by atoms with Gasteiger partial charge in [-0.1, -0.05) is 50.2 Å². The molecule has 0 aromatic heterocycles. The third kappa shape index (κ3) is 4.10. The van der Waals surface area contributed by atoms with Gasteiger partial charge in [0.15, 0.2) is 0 Å². The molecule has 0 aliphatic heterocycles. The lowest BCUT2D eigenvalue weighted by Crippen LogP contribution is -2.00. The molecule has 0 N–H and O–H groups in total. The highest BCUT2D eigenvalue weighted by molar-refractivity contribution is 5.31. The summed E-state index contributed by atoms with van der Waals surface area (Å²) in [5.74, 6) is 1.45. The summed E-state index contributed by atoms with van der Waals surface area (Å²) in [6, 6.07) is 18.4. The van der Waals surface area contributed by atoms with Crippen molar-refractivity contribution < 1.29 is 4.74 Å². The van der Waals surface area contributed by atoms with Crippen LogP contribution in [0.5, 0.6) is 5.75 Å². The van der Waals surface area contributed by atoms with E-state index >= 15 is 0 Å². The second-order valence-electron chi connectivity index (χ2n) is 5.27. The van der Waals surface area contributed by atoms with Gasteiger partial charge in [0.25, 0.3) is 0 Å². The lowest BCUT2D eigenvalue weighted by Gasteiger charge is -2.12. The Balaban J connectivity index is 2.02. The summed E-state index contributed by atoms with van der Waals surface area (Å²) in [5.41, 5.74) is 3.45. The maximum Gasteiger partial charge on any atom is 0.119 e. The van der Waals surface area contributed by atoms with E-state index in [2.05, 4.69) is 32.0 Å². The van der Waals surface area contributed by atoms with Crippen LogP contribution in [0, 0.1) is 11.3 Å². The Labute approximate surface area is 127 Å². The van der Waals surface area contributed by atoms with Crippen molar-refractivity contribution >= 4 is 0 Å². The minimum atomic E-state index is 0.423. The van der Waals surface area contributed by atoms with E-state index in [9.17, 15) is 0 Å². The third-order valence-corrected chi connectivity index (χ3v) is 3.84. The second kappa shape index (κ2) is 7.50. The Kier molecular flexibility index (Phi) is 5.40. The molecule has 0 bridgehead atoms. The molecular weight excluding hydrogens is 258 g/mol. The van der Waals surface area contributed by atoms with Crippen LogP contribution in [0.25, 0.3) is 0 Å². The number of benzene rings is 2. The number of nitrogens with zero attached hydrogens (tertiary/aromatic N) is 1. The van der Waals surface area contributed by atoms with Crippen LogP contribution < -0.4 is 4.74 Å². The Morgan fingerprint density at radius 1 is 1.05 bits per heavy atom. The van der Waals surface area contributed by atoms with Gasteiger partial charge in [-0.3, -0.25) is 0 Å². The summed E-state index contributed by atoms with van der Waals surface area (Å²) in [4.78, 5) is 0. The zero-order chi connectivity index (χ0) is 15.1. The van der Waals surface area contributed by atoms with Crippen LogP contribution in [0.3, 0.4) is 0 Å². The van der Waals surface area contributed by atoms with Crippen LogP contribution in [0.4, 0.5) is 0 Å². The van der Waals surface area contributed by atoms with Gasteiger partial charge in [0.05, 0.1) is 12.5 Å². The van der Waals surface area contributed by atoms with E-state index in [1.807, 2.05) is 36.4 Å². The molecule has 2 rings (SSSR count). The normalized spacial score (nSPS) is 11.7. The average Bonchev–Trinajstić information content (AvgIpc) is 2.54. The Hall–Kier alpha value is -2.27. The van der Waals surface area contributed by atoms with E-state index in [1.165, 1.54) is 5.56 Å². The monoisotopic (exact) mass is 279 g/mol. The van der Waals surface area contributed by atoms with Crippen LogP contribution in [-0.2, 0) is 13.0 Å². The van der Waals surface area contributed by atoms with Gasteiger partial charge in [-0.2, -0.15) is 5.26 Å². The Morgan fingerprint density at radius 2 is 1.71 bits per heavy atom. The fourth-order valence-corrected chi connectivity index (χ4v) is 2.25. The minimum absolute atomic E-state index is 0.423. The number of ether oxygens (including phenoxy) is 1. The number of hydrogen-bond donors (Lipinski definition) is 0. The topological polar surface area (TPSA) is 33.0 Å². The van der Waals surface area contributed by atoms with Crippen molar-refractivity contribution in [2.45, 2.75) is 39.2 Å².